The van der Waals surface area contributed by atoms with Crippen LogP contribution in [-0.2, 0) is 0 Å². The summed E-state index contributed by atoms with van der Waals surface area (Å²) in [4.78, 5) is 2.17. The lowest BCUT2D eigenvalue weighted by Crippen LogP contribution is -2.44. The maximum Gasteiger partial charge on any atom is 0.0664 e. The summed E-state index contributed by atoms with van der Waals surface area (Å²) in [6.45, 7) is 4.83. The number of nitrogens with zero attached hydrogens (tertiary/aromatic N) is 1. The second-order valence-corrected chi connectivity index (χ2v) is 4.41. The van der Waals surface area contributed by atoms with Crippen molar-refractivity contribution >= 4 is 0 Å². The van der Waals surface area contributed by atoms with E-state index in [-0.39, 0.29) is 18.2 Å². The van der Waals surface area contributed by atoms with E-state index in [1.165, 1.54) is 0 Å². The fourth-order valence-corrected chi connectivity index (χ4v) is 1.79. The van der Waals surface area contributed by atoms with Gasteiger partial charge in [-0.3, -0.25) is 0 Å². The normalized spacial score (nSPS) is 32.8. The van der Waals surface area contributed by atoms with Gasteiger partial charge in [0.15, 0.2) is 0 Å². The molecule has 3 nitrogen and oxygen atoms in total. The van der Waals surface area contributed by atoms with Crippen LogP contribution in [0.2, 0.25) is 0 Å². The van der Waals surface area contributed by atoms with E-state index in [9.17, 15) is 5.11 Å². The zero-order valence-electron chi connectivity index (χ0n) is 8.77. The summed E-state index contributed by atoms with van der Waals surface area (Å²) in [6, 6.07) is 0.206. The Morgan fingerprint density at radius 2 is 1.92 bits per heavy atom. The third kappa shape index (κ3) is 2.93. The first-order chi connectivity index (χ1) is 6.00. The molecular weight excluding hydrogens is 166 g/mol. The lowest BCUT2D eigenvalue weighted by molar-refractivity contribution is 0.00916. The molecule has 0 saturated heterocycles. The maximum absolute atomic E-state index is 9.36. The molecule has 1 fully saturated rings. The molecule has 0 amide bonds. The predicted octanol–water partition coefficient (Wildman–Crippen LogP) is 0.458. The van der Waals surface area contributed by atoms with Crippen molar-refractivity contribution in [2.45, 2.75) is 44.9 Å². The van der Waals surface area contributed by atoms with Gasteiger partial charge in [-0.25, -0.2) is 0 Å². The van der Waals surface area contributed by atoms with Crippen molar-refractivity contribution in [1.29, 1.82) is 0 Å². The monoisotopic (exact) mass is 187 g/mol. The highest BCUT2D eigenvalue weighted by molar-refractivity contribution is 4.82. The Labute approximate surface area is 80.4 Å². The number of likely N-dealkylation sites (N-methyl/N-ethyl adjacent to an activating group) is 1. The van der Waals surface area contributed by atoms with Crippen LogP contribution in [0.1, 0.15) is 26.7 Å². The Hall–Kier alpha value is -0.120. The molecule has 1 aliphatic rings. The van der Waals surface area contributed by atoms with E-state index < -0.39 is 0 Å². The number of hydrogen-bond donors (Lipinski definition) is 2. The van der Waals surface area contributed by atoms with Crippen LogP contribution in [-0.4, -0.2) is 47.0 Å². The number of rotatable bonds is 4. The average Bonchev–Trinajstić information content (AvgIpc) is 2.00. The SMILES string of the molecule is CC(O)C(C)N(C)CC1CC(O)C1. The van der Waals surface area contributed by atoms with Gasteiger partial charge in [-0.2, -0.15) is 0 Å². The van der Waals surface area contributed by atoms with E-state index >= 15 is 0 Å². The van der Waals surface area contributed by atoms with Gasteiger partial charge in [0, 0.05) is 12.6 Å². The number of aliphatic hydroxyl groups is 2. The summed E-state index contributed by atoms with van der Waals surface area (Å²) >= 11 is 0. The van der Waals surface area contributed by atoms with Crippen molar-refractivity contribution in [1.82, 2.24) is 4.90 Å². The van der Waals surface area contributed by atoms with E-state index in [2.05, 4.69) is 4.90 Å². The second kappa shape index (κ2) is 4.40. The van der Waals surface area contributed by atoms with Crippen LogP contribution in [0.25, 0.3) is 0 Å². The van der Waals surface area contributed by atoms with Gasteiger partial charge in [0.2, 0.25) is 0 Å². The van der Waals surface area contributed by atoms with Gasteiger partial charge in [0.1, 0.15) is 0 Å². The summed E-state index contributed by atoms with van der Waals surface area (Å²) in [6.07, 6.45) is 1.50. The van der Waals surface area contributed by atoms with Crippen molar-refractivity contribution < 1.29 is 10.2 Å². The molecule has 1 saturated carbocycles. The minimum atomic E-state index is -0.282. The zero-order chi connectivity index (χ0) is 10.0. The standard InChI is InChI=1S/C10H21NO2/c1-7(8(2)12)11(3)6-9-4-10(13)5-9/h7-10,12-13H,4-6H2,1-3H3. The van der Waals surface area contributed by atoms with E-state index in [0.717, 1.165) is 19.4 Å². The molecule has 0 bridgehead atoms. The summed E-state index contributed by atoms with van der Waals surface area (Å²) in [5.41, 5.74) is 0. The van der Waals surface area contributed by atoms with Gasteiger partial charge in [-0.1, -0.05) is 0 Å². The quantitative estimate of drug-likeness (QED) is 0.672. The van der Waals surface area contributed by atoms with Gasteiger partial charge in [0.25, 0.3) is 0 Å². The van der Waals surface area contributed by atoms with Crippen LogP contribution in [0.4, 0.5) is 0 Å². The third-order valence-electron chi connectivity index (χ3n) is 3.15. The molecule has 3 heteroatoms. The topological polar surface area (TPSA) is 43.7 Å². The van der Waals surface area contributed by atoms with Gasteiger partial charge < -0.3 is 15.1 Å². The van der Waals surface area contributed by atoms with Crippen LogP contribution in [0.3, 0.4) is 0 Å². The highest BCUT2D eigenvalue weighted by atomic mass is 16.3. The van der Waals surface area contributed by atoms with Crippen LogP contribution >= 0.6 is 0 Å². The van der Waals surface area contributed by atoms with Gasteiger partial charge in [-0.05, 0) is 39.7 Å². The highest BCUT2D eigenvalue weighted by Crippen LogP contribution is 2.28. The third-order valence-corrected chi connectivity index (χ3v) is 3.15. The van der Waals surface area contributed by atoms with E-state index in [4.69, 9.17) is 5.11 Å². The number of hydrogen-bond acceptors (Lipinski definition) is 3. The zero-order valence-corrected chi connectivity index (χ0v) is 8.77. The fourth-order valence-electron chi connectivity index (χ4n) is 1.79. The van der Waals surface area contributed by atoms with Gasteiger partial charge in [0.05, 0.1) is 12.2 Å². The summed E-state index contributed by atoms with van der Waals surface area (Å²) < 4.78 is 0. The van der Waals surface area contributed by atoms with E-state index in [1.807, 2.05) is 20.9 Å². The summed E-state index contributed by atoms with van der Waals surface area (Å²) in [5.74, 6) is 0.626. The van der Waals surface area contributed by atoms with Crippen LogP contribution in [0, 0.1) is 5.92 Å². The molecule has 0 heterocycles. The molecule has 78 valence electrons. The highest BCUT2D eigenvalue weighted by Gasteiger charge is 2.29. The summed E-state index contributed by atoms with van der Waals surface area (Å²) in [5, 5.41) is 18.5. The molecule has 0 aliphatic heterocycles. The average molecular weight is 187 g/mol. The lowest BCUT2D eigenvalue weighted by atomic mass is 9.82. The van der Waals surface area contributed by atoms with Gasteiger partial charge >= 0.3 is 0 Å². The largest absolute Gasteiger partial charge is 0.393 e. The first-order valence-electron chi connectivity index (χ1n) is 5.07. The Kier molecular flexibility index (Phi) is 3.71. The predicted molar refractivity (Wildman–Crippen MR) is 52.5 cm³/mol. The van der Waals surface area contributed by atoms with Crippen LogP contribution in [0.5, 0.6) is 0 Å². The van der Waals surface area contributed by atoms with Crippen LogP contribution < -0.4 is 0 Å². The molecule has 0 spiro atoms. The Balaban J connectivity index is 2.21. The number of aliphatic hydroxyl groups excluding tert-OH is 2. The fraction of sp³-hybridized carbons (Fsp3) is 1.00. The first kappa shape index (κ1) is 11.0. The second-order valence-electron chi connectivity index (χ2n) is 4.41. The molecule has 1 aliphatic carbocycles. The Bertz CT molecular complexity index is 155. The van der Waals surface area contributed by atoms with Gasteiger partial charge in [-0.15, -0.1) is 0 Å². The molecule has 2 atom stereocenters. The molecule has 2 N–H and O–H groups in total. The van der Waals surface area contributed by atoms with Crippen molar-refractivity contribution in [3.63, 3.8) is 0 Å². The lowest BCUT2D eigenvalue weighted by Gasteiger charge is -2.37. The first-order valence-corrected chi connectivity index (χ1v) is 5.07. The summed E-state index contributed by atoms with van der Waals surface area (Å²) in [7, 11) is 2.03. The van der Waals surface area contributed by atoms with Crippen molar-refractivity contribution in [2.24, 2.45) is 5.92 Å². The molecule has 0 aromatic rings. The minimum absolute atomic E-state index is 0.0692. The van der Waals surface area contributed by atoms with Crippen LogP contribution in [0.15, 0.2) is 0 Å². The van der Waals surface area contributed by atoms with Crippen molar-refractivity contribution in [2.75, 3.05) is 13.6 Å². The molecular formula is C10H21NO2. The van der Waals surface area contributed by atoms with Crippen molar-refractivity contribution in [3.05, 3.63) is 0 Å². The molecule has 0 aromatic heterocycles. The molecule has 0 aromatic carbocycles. The Morgan fingerprint density at radius 3 is 2.31 bits per heavy atom. The smallest absolute Gasteiger partial charge is 0.0664 e. The van der Waals surface area contributed by atoms with E-state index in [0.29, 0.717) is 5.92 Å². The van der Waals surface area contributed by atoms with E-state index in [1.54, 1.807) is 0 Å². The maximum atomic E-state index is 9.36. The minimum Gasteiger partial charge on any atom is -0.393 e. The molecule has 13 heavy (non-hydrogen) atoms. The molecule has 2 unspecified atom stereocenters. The molecule has 1 rings (SSSR count). The van der Waals surface area contributed by atoms with Crippen molar-refractivity contribution in [3.8, 4) is 0 Å². The Morgan fingerprint density at radius 1 is 1.38 bits per heavy atom. The molecule has 0 radical (unpaired) electrons.